The maximum atomic E-state index is 5.57. The number of imidazole rings is 1. The van der Waals surface area contributed by atoms with E-state index in [2.05, 4.69) is 48.9 Å². The number of hydrogen-bond donors (Lipinski definition) is 1. The Morgan fingerprint density at radius 2 is 1.64 bits per heavy atom. The molecule has 2 aromatic rings. The number of likely N-dealkylation sites (tertiary alicyclic amines) is 2. The van der Waals surface area contributed by atoms with Crippen LogP contribution in [0.5, 0.6) is 0 Å². The van der Waals surface area contributed by atoms with Gasteiger partial charge in [0.2, 0.25) is 0 Å². The topological polar surface area (TPSA) is 47.6 Å². The molecule has 1 aliphatic carbocycles. The third kappa shape index (κ3) is 7.52. The monoisotopic (exact) mass is 533 g/mol. The number of aromatic amines is 1. The van der Waals surface area contributed by atoms with Gasteiger partial charge in [0.15, 0.2) is 0 Å². The molecule has 1 aromatic carbocycles. The Morgan fingerprint density at radius 1 is 0.897 bits per heavy atom. The highest BCUT2D eigenvalue weighted by Crippen LogP contribution is 2.42. The van der Waals surface area contributed by atoms with Gasteiger partial charge in [-0.1, -0.05) is 43.5 Å². The zero-order valence-corrected chi connectivity index (χ0v) is 24.2. The fourth-order valence-electron chi connectivity index (χ4n) is 7.86. The maximum absolute atomic E-state index is 5.57. The minimum atomic E-state index is 0.585. The lowest BCUT2D eigenvalue weighted by Gasteiger charge is -2.43. The van der Waals surface area contributed by atoms with Crippen LogP contribution in [0, 0.1) is 11.3 Å². The first kappa shape index (κ1) is 27.4. The number of rotatable bonds is 10. The molecule has 0 radical (unpaired) electrons. The highest BCUT2D eigenvalue weighted by molar-refractivity contribution is 5.23. The second kappa shape index (κ2) is 13.3. The van der Waals surface area contributed by atoms with E-state index in [0.717, 1.165) is 57.2 Å². The Labute approximate surface area is 236 Å². The summed E-state index contributed by atoms with van der Waals surface area (Å²) < 4.78 is 5.57. The number of H-pyrrole nitrogens is 1. The fraction of sp³-hybridized carbons (Fsp3) is 0.727. The summed E-state index contributed by atoms with van der Waals surface area (Å²) in [5.74, 6) is 1.86. The zero-order valence-electron chi connectivity index (χ0n) is 24.2. The summed E-state index contributed by atoms with van der Waals surface area (Å²) in [7, 11) is 0. The van der Waals surface area contributed by atoms with Crippen LogP contribution in [-0.2, 0) is 24.4 Å². The smallest absolute Gasteiger partial charge is 0.120 e. The van der Waals surface area contributed by atoms with Crippen molar-refractivity contribution in [3.05, 3.63) is 53.6 Å². The molecule has 6 nitrogen and oxygen atoms in total. The van der Waals surface area contributed by atoms with Crippen molar-refractivity contribution < 1.29 is 4.74 Å². The molecule has 0 amide bonds. The van der Waals surface area contributed by atoms with E-state index in [1.807, 2.05) is 12.4 Å². The van der Waals surface area contributed by atoms with E-state index in [4.69, 9.17) is 4.74 Å². The average Bonchev–Trinajstić information content (AvgIpc) is 3.64. The van der Waals surface area contributed by atoms with E-state index >= 15 is 0 Å². The number of nitrogens with one attached hydrogen (secondary N) is 1. The van der Waals surface area contributed by atoms with Crippen molar-refractivity contribution in [3.63, 3.8) is 0 Å². The first-order valence-corrected chi connectivity index (χ1v) is 16.1. The third-order valence-electron chi connectivity index (χ3n) is 10.4. The van der Waals surface area contributed by atoms with Crippen LogP contribution in [0.4, 0.5) is 0 Å². The van der Waals surface area contributed by atoms with Crippen molar-refractivity contribution in [1.29, 1.82) is 0 Å². The number of nitrogens with zero attached hydrogens (tertiary/aromatic N) is 4. The molecule has 4 heterocycles. The van der Waals surface area contributed by atoms with Gasteiger partial charge in [0.1, 0.15) is 5.82 Å². The van der Waals surface area contributed by atoms with E-state index in [0.29, 0.717) is 5.41 Å². The molecule has 1 spiro atoms. The molecule has 0 unspecified atom stereocenters. The highest BCUT2D eigenvalue weighted by Gasteiger charge is 2.41. The molecule has 0 bridgehead atoms. The molecule has 39 heavy (non-hydrogen) atoms. The Balaban J connectivity index is 0.984. The molecule has 6 rings (SSSR count). The van der Waals surface area contributed by atoms with Crippen LogP contribution in [0.25, 0.3) is 0 Å². The molecular formula is C33H51N5O. The lowest BCUT2D eigenvalue weighted by molar-refractivity contribution is 0.0592. The predicted octanol–water partition coefficient (Wildman–Crippen LogP) is 5.85. The number of hydrogen-bond acceptors (Lipinski definition) is 5. The molecule has 1 saturated carbocycles. The maximum Gasteiger partial charge on any atom is 0.120 e. The number of ether oxygens (including phenoxy) is 1. The normalized spacial score (nSPS) is 23.7. The van der Waals surface area contributed by atoms with E-state index in [-0.39, 0.29) is 0 Å². The summed E-state index contributed by atoms with van der Waals surface area (Å²) in [6, 6.07) is 10.4. The molecule has 214 valence electrons. The van der Waals surface area contributed by atoms with Crippen LogP contribution in [0.3, 0.4) is 0 Å². The average molecular weight is 534 g/mol. The second-order valence-corrected chi connectivity index (χ2v) is 13.2. The van der Waals surface area contributed by atoms with Crippen molar-refractivity contribution in [3.8, 4) is 0 Å². The highest BCUT2D eigenvalue weighted by atomic mass is 16.5. The summed E-state index contributed by atoms with van der Waals surface area (Å²) >= 11 is 0. The van der Waals surface area contributed by atoms with E-state index in [9.17, 15) is 0 Å². The standard InChI is InChI=1S/C33H51N5O/c1-2-4-31(5-3-1)38-20-14-33(15-21-38)13-19-37(27-33)25-30-8-6-29(7-9-30)24-36(26-32-34-16-17-35-32)18-10-28-11-22-39-23-12-28/h6-9,16-17,28,31H,1-5,10-15,18-27H2,(H,34,35). The largest absolute Gasteiger partial charge is 0.381 e. The fourth-order valence-corrected chi connectivity index (χ4v) is 7.86. The zero-order chi connectivity index (χ0) is 26.3. The molecule has 1 N–H and O–H groups in total. The number of piperidine rings is 1. The molecule has 3 saturated heterocycles. The lowest BCUT2D eigenvalue weighted by Crippen LogP contribution is -2.46. The minimum absolute atomic E-state index is 0.585. The van der Waals surface area contributed by atoms with Crippen LogP contribution in [0.15, 0.2) is 36.7 Å². The SMILES string of the molecule is c1c[nH]c(CN(CCC2CCOCC2)Cc2ccc(CN3CCC4(CCN(C5CCCCC5)CC4)C3)cc2)n1. The molecular weight excluding hydrogens is 482 g/mol. The van der Waals surface area contributed by atoms with Crippen molar-refractivity contribution in [2.45, 2.75) is 96.3 Å². The van der Waals surface area contributed by atoms with E-state index in [1.54, 1.807) is 0 Å². The van der Waals surface area contributed by atoms with Crippen molar-refractivity contribution in [2.24, 2.45) is 11.3 Å². The first-order chi connectivity index (χ1) is 19.2. The molecule has 6 heteroatoms. The van der Waals surface area contributed by atoms with Gasteiger partial charge in [0.25, 0.3) is 0 Å². The van der Waals surface area contributed by atoms with Crippen molar-refractivity contribution in [2.75, 3.05) is 45.9 Å². The summed E-state index contributed by atoms with van der Waals surface area (Å²) in [5.41, 5.74) is 3.46. The third-order valence-corrected chi connectivity index (χ3v) is 10.4. The van der Waals surface area contributed by atoms with Crippen LogP contribution >= 0.6 is 0 Å². The summed E-state index contributed by atoms with van der Waals surface area (Å²) in [6.45, 7) is 11.2. The van der Waals surface area contributed by atoms with Gasteiger partial charge in [-0.05, 0) is 100 Å². The Kier molecular flexibility index (Phi) is 9.35. The van der Waals surface area contributed by atoms with Gasteiger partial charge >= 0.3 is 0 Å². The summed E-state index contributed by atoms with van der Waals surface area (Å²) in [5, 5.41) is 0. The van der Waals surface area contributed by atoms with Gasteiger partial charge in [0, 0.05) is 51.3 Å². The van der Waals surface area contributed by atoms with Gasteiger partial charge in [0.05, 0.1) is 6.54 Å². The first-order valence-electron chi connectivity index (χ1n) is 16.1. The summed E-state index contributed by atoms with van der Waals surface area (Å²) in [4.78, 5) is 16.0. The van der Waals surface area contributed by atoms with Crippen molar-refractivity contribution >= 4 is 0 Å². The molecule has 4 fully saturated rings. The van der Waals surface area contributed by atoms with Crippen LogP contribution < -0.4 is 0 Å². The quantitative estimate of drug-likeness (QED) is 0.415. The van der Waals surface area contributed by atoms with Gasteiger partial charge in [-0.3, -0.25) is 9.80 Å². The van der Waals surface area contributed by atoms with Gasteiger partial charge in [-0.2, -0.15) is 0 Å². The molecule has 4 aliphatic rings. The van der Waals surface area contributed by atoms with Gasteiger partial charge in [-0.15, -0.1) is 0 Å². The summed E-state index contributed by atoms with van der Waals surface area (Å²) in [6.07, 6.45) is 19.0. The van der Waals surface area contributed by atoms with Crippen LogP contribution in [-0.4, -0.2) is 76.6 Å². The number of aromatic nitrogens is 2. The Bertz CT molecular complexity index is 972. The lowest BCUT2D eigenvalue weighted by atomic mass is 9.77. The van der Waals surface area contributed by atoms with Crippen LogP contribution in [0.1, 0.15) is 87.6 Å². The minimum Gasteiger partial charge on any atom is -0.381 e. The molecule has 1 aromatic heterocycles. The molecule has 3 aliphatic heterocycles. The van der Waals surface area contributed by atoms with Gasteiger partial charge < -0.3 is 14.6 Å². The number of benzene rings is 1. The Morgan fingerprint density at radius 3 is 2.38 bits per heavy atom. The Hall–Kier alpha value is -1.73. The second-order valence-electron chi connectivity index (χ2n) is 13.2. The van der Waals surface area contributed by atoms with Gasteiger partial charge in [-0.25, -0.2) is 4.98 Å². The van der Waals surface area contributed by atoms with Crippen molar-refractivity contribution in [1.82, 2.24) is 24.7 Å². The predicted molar refractivity (Wildman–Crippen MR) is 157 cm³/mol. The molecule has 0 atom stereocenters. The van der Waals surface area contributed by atoms with E-state index < -0.39 is 0 Å². The van der Waals surface area contributed by atoms with E-state index in [1.165, 1.54) is 108 Å². The van der Waals surface area contributed by atoms with Crippen LogP contribution in [0.2, 0.25) is 0 Å².